The Kier molecular flexibility index (Phi) is 6.90. The lowest BCUT2D eigenvalue weighted by atomic mass is 10.2. The molecule has 0 spiro atoms. The molecule has 1 aromatic carbocycles. The molecule has 0 aromatic heterocycles. The zero-order valence-corrected chi connectivity index (χ0v) is 16.4. The lowest BCUT2D eigenvalue weighted by Crippen LogP contribution is -2.56. The van der Waals surface area contributed by atoms with Crippen LogP contribution in [0.3, 0.4) is 0 Å². The van der Waals surface area contributed by atoms with Crippen LogP contribution in [0.1, 0.15) is 20.8 Å². The number of carbonyl (C=O) groups excluding carboxylic acids is 2. The van der Waals surface area contributed by atoms with Gasteiger partial charge in [-0.2, -0.15) is 4.31 Å². The summed E-state index contributed by atoms with van der Waals surface area (Å²) in [6, 6.07) is 3.47. The topological polar surface area (TPSA) is 98.8 Å². The summed E-state index contributed by atoms with van der Waals surface area (Å²) in [6.45, 7) is 6.34. The van der Waals surface area contributed by atoms with Gasteiger partial charge in [-0.1, -0.05) is 0 Å². The van der Waals surface area contributed by atoms with Gasteiger partial charge in [-0.25, -0.2) is 17.6 Å². The van der Waals surface area contributed by atoms with Crippen molar-refractivity contribution >= 4 is 22.0 Å². The Labute approximate surface area is 158 Å². The molecule has 1 atom stereocenters. The molecule has 3 amide bonds. The number of hydrogen-bond acceptors (Lipinski definition) is 5. The smallest absolute Gasteiger partial charge is 0.321 e. The highest BCUT2D eigenvalue weighted by Gasteiger charge is 2.32. The molecule has 1 fully saturated rings. The highest BCUT2D eigenvalue weighted by Crippen LogP contribution is 2.18. The van der Waals surface area contributed by atoms with E-state index < -0.39 is 33.8 Å². The lowest BCUT2D eigenvalue weighted by Gasteiger charge is -2.36. The lowest BCUT2D eigenvalue weighted by molar-refractivity contribution is -0.125. The largest absolute Gasteiger partial charge is 0.336 e. The summed E-state index contributed by atoms with van der Waals surface area (Å²) in [4.78, 5) is 25.7. The second kappa shape index (κ2) is 8.77. The maximum atomic E-state index is 13.0. The highest BCUT2D eigenvalue weighted by molar-refractivity contribution is 7.89. The zero-order valence-electron chi connectivity index (χ0n) is 15.6. The van der Waals surface area contributed by atoms with Crippen LogP contribution in [-0.2, 0) is 14.8 Å². The Morgan fingerprint density at radius 2 is 1.59 bits per heavy atom. The monoisotopic (exact) mass is 400 g/mol. The van der Waals surface area contributed by atoms with E-state index in [-0.39, 0.29) is 24.0 Å². The third-order valence-electron chi connectivity index (χ3n) is 4.31. The minimum Gasteiger partial charge on any atom is -0.336 e. The summed E-state index contributed by atoms with van der Waals surface area (Å²) >= 11 is 0. The molecular formula is C17H25FN4O4S. The fourth-order valence-electron chi connectivity index (χ4n) is 2.77. The summed E-state index contributed by atoms with van der Waals surface area (Å²) < 4.78 is 39.5. The van der Waals surface area contributed by atoms with Gasteiger partial charge in [-0.3, -0.25) is 15.0 Å². The van der Waals surface area contributed by atoms with Gasteiger partial charge in [0.15, 0.2) is 0 Å². The van der Waals surface area contributed by atoms with Crippen LogP contribution in [0.15, 0.2) is 29.2 Å². The molecule has 1 saturated heterocycles. The Bertz CT molecular complexity index is 775. The molecular weight excluding hydrogens is 375 g/mol. The Morgan fingerprint density at radius 1 is 1.04 bits per heavy atom. The third kappa shape index (κ3) is 5.47. The molecule has 0 saturated carbocycles. The Balaban J connectivity index is 1.93. The van der Waals surface area contributed by atoms with Gasteiger partial charge < -0.3 is 5.32 Å². The van der Waals surface area contributed by atoms with Crippen LogP contribution in [0.4, 0.5) is 9.18 Å². The van der Waals surface area contributed by atoms with E-state index in [1.54, 1.807) is 20.8 Å². The van der Waals surface area contributed by atoms with Crippen molar-refractivity contribution in [3.05, 3.63) is 30.1 Å². The van der Waals surface area contributed by atoms with Gasteiger partial charge in [0.2, 0.25) is 15.9 Å². The predicted octanol–water partition coefficient (Wildman–Crippen LogP) is 0.755. The van der Waals surface area contributed by atoms with Crippen LogP contribution >= 0.6 is 0 Å². The number of nitrogens with zero attached hydrogens (tertiary/aromatic N) is 2. The van der Waals surface area contributed by atoms with Crippen molar-refractivity contribution in [3.8, 4) is 0 Å². The normalized spacial score (nSPS) is 17.5. The number of imide groups is 1. The van der Waals surface area contributed by atoms with Gasteiger partial charge in [0.05, 0.1) is 10.9 Å². The van der Waals surface area contributed by atoms with Crippen molar-refractivity contribution in [1.29, 1.82) is 0 Å². The third-order valence-corrected chi connectivity index (χ3v) is 6.22. The fourth-order valence-corrected chi connectivity index (χ4v) is 4.19. The molecule has 150 valence electrons. The van der Waals surface area contributed by atoms with Gasteiger partial charge in [-0.15, -0.1) is 0 Å². The number of amides is 3. The first-order chi connectivity index (χ1) is 12.6. The highest BCUT2D eigenvalue weighted by atomic mass is 32.2. The van der Waals surface area contributed by atoms with Crippen molar-refractivity contribution < 1.29 is 22.4 Å². The number of urea groups is 1. The maximum Gasteiger partial charge on any atom is 0.321 e. The van der Waals surface area contributed by atoms with Crippen molar-refractivity contribution in [3.63, 3.8) is 0 Å². The molecule has 2 N–H and O–H groups in total. The van der Waals surface area contributed by atoms with Gasteiger partial charge >= 0.3 is 6.03 Å². The van der Waals surface area contributed by atoms with Crippen LogP contribution < -0.4 is 10.6 Å². The van der Waals surface area contributed by atoms with Crippen LogP contribution in [0.25, 0.3) is 0 Å². The van der Waals surface area contributed by atoms with E-state index in [4.69, 9.17) is 0 Å². The molecule has 1 heterocycles. The molecule has 0 bridgehead atoms. The molecule has 10 heteroatoms. The van der Waals surface area contributed by atoms with Crippen molar-refractivity contribution in [2.45, 2.75) is 37.8 Å². The van der Waals surface area contributed by atoms with Crippen LogP contribution in [0.2, 0.25) is 0 Å². The Hall–Kier alpha value is -2.04. The molecule has 27 heavy (non-hydrogen) atoms. The van der Waals surface area contributed by atoms with Crippen molar-refractivity contribution in [2.75, 3.05) is 26.2 Å². The summed E-state index contributed by atoms with van der Waals surface area (Å²) in [5.41, 5.74) is 0. The minimum absolute atomic E-state index is 0.0356. The molecule has 0 aliphatic carbocycles. The number of benzene rings is 1. The summed E-state index contributed by atoms with van der Waals surface area (Å²) in [6.07, 6.45) is 0. The zero-order chi connectivity index (χ0) is 20.2. The average molecular weight is 400 g/mol. The molecule has 1 aliphatic rings. The number of halogens is 1. The Morgan fingerprint density at radius 3 is 2.11 bits per heavy atom. The van der Waals surface area contributed by atoms with Crippen molar-refractivity contribution in [2.24, 2.45) is 0 Å². The maximum absolute atomic E-state index is 13.0. The number of piperazine rings is 1. The van der Waals surface area contributed by atoms with E-state index in [9.17, 15) is 22.4 Å². The second-order valence-electron chi connectivity index (χ2n) is 6.69. The van der Waals surface area contributed by atoms with E-state index in [0.29, 0.717) is 13.1 Å². The summed E-state index contributed by atoms with van der Waals surface area (Å²) in [5, 5.41) is 4.86. The minimum atomic E-state index is -3.71. The van der Waals surface area contributed by atoms with Crippen LogP contribution in [-0.4, -0.2) is 67.8 Å². The summed E-state index contributed by atoms with van der Waals surface area (Å²) in [5.74, 6) is -0.942. The molecule has 1 aliphatic heterocycles. The number of rotatable bonds is 5. The van der Waals surface area contributed by atoms with E-state index in [2.05, 4.69) is 10.6 Å². The number of sulfonamides is 1. The number of nitrogens with one attached hydrogen (secondary N) is 2. The first-order valence-corrected chi connectivity index (χ1v) is 10.2. The number of hydrogen-bond donors (Lipinski definition) is 2. The SMILES string of the molecule is CC(C)NC(=O)NC(=O)[C@@H](C)N1CCN(S(=O)(=O)c2ccc(F)cc2)CC1. The van der Waals surface area contributed by atoms with E-state index in [1.807, 2.05) is 4.90 Å². The van der Waals surface area contributed by atoms with Crippen molar-refractivity contribution in [1.82, 2.24) is 19.8 Å². The fraction of sp³-hybridized carbons (Fsp3) is 0.529. The van der Waals surface area contributed by atoms with Gasteiger partial charge in [0, 0.05) is 32.2 Å². The van der Waals surface area contributed by atoms with E-state index in [0.717, 1.165) is 12.1 Å². The molecule has 2 rings (SSSR count). The predicted molar refractivity (Wildman–Crippen MR) is 98.0 cm³/mol. The molecule has 0 radical (unpaired) electrons. The van der Waals surface area contributed by atoms with E-state index >= 15 is 0 Å². The average Bonchev–Trinajstić information content (AvgIpc) is 2.60. The van der Waals surface area contributed by atoms with Crippen LogP contribution in [0.5, 0.6) is 0 Å². The van der Waals surface area contributed by atoms with Gasteiger partial charge in [0.1, 0.15) is 5.82 Å². The molecule has 8 nitrogen and oxygen atoms in total. The van der Waals surface area contributed by atoms with Crippen LogP contribution in [0, 0.1) is 5.82 Å². The van der Waals surface area contributed by atoms with Gasteiger partial charge in [0.25, 0.3) is 0 Å². The standard InChI is InChI=1S/C17H25FN4O4S/c1-12(2)19-17(24)20-16(23)13(3)21-8-10-22(11-9-21)27(25,26)15-6-4-14(18)5-7-15/h4-7,12-13H,8-11H2,1-3H3,(H2,19,20,23,24)/t13-/m1/s1. The van der Waals surface area contributed by atoms with E-state index in [1.165, 1.54) is 16.4 Å². The second-order valence-corrected chi connectivity index (χ2v) is 8.63. The summed E-state index contributed by atoms with van der Waals surface area (Å²) in [7, 11) is -3.71. The van der Waals surface area contributed by atoms with Gasteiger partial charge in [-0.05, 0) is 45.0 Å². The first-order valence-electron chi connectivity index (χ1n) is 8.72. The first kappa shape index (κ1) is 21.3. The molecule has 1 aromatic rings. The quantitative estimate of drug-likeness (QED) is 0.760. The number of carbonyl (C=O) groups is 2. The molecule has 0 unspecified atom stereocenters.